The second kappa shape index (κ2) is 6.28. The number of anilines is 1. The van der Waals surface area contributed by atoms with Gasteiger partial charge in [0.15, 0.2) is 0 Å². The number of esters is 1. The molecule has 1 aromatic carbocycles. The van der Waals surface area contributed by atoms with E-state index in [2.05, 4.69) is 5.32 Å². The van der Waals surface area contributed by atoms with Gasteiger partial charge < -0.3 is 14.8 Å². The summed E-state index contributed by atoms with van der Waals surface area (Å²) in [6.45, 7) is 5.80. The van der Waals surface area contributed by atoms with Crippen LogP contribution in [0, 0.1) is 12.8 Å². The van der Waals surface area contributed by atoms with Gasteiger partial charge >= 0.3 is 5.97 Å². The van der Waals surface area contributed by atoms with Gasteiger partial charge in [-0.15, -0.1) is 0 Å². The summed E-state index contributed by atoms with van der Waals surface area (Å²) in [5.74, 6) is 0.325. The van der Waals surface area contributed by atoms with E-state index in [9.17, 15) is 4.79 Å². The van der Waals surface area contributed by atoms with Crippen LogP contribution in [0.25, 0.3) is 0 Å². The van der Waals surface area contributed by atoms with E-state index in [1.54, 1.807) is 7.11 Å². The molecule has 2 atom stereocenters. The maximum Gasteiger partial charge on any atom is 0.310 e. The van der Waals surface area contributed by atoms with Crippen LogP contribution in [0.4, 0.5) is 5.69 Å². The summed E-state index contributed by atoms with van der Waals surface area (Å²) in [5.41, 5.74) is 2.02. The summed E-state index contributed by atoms with van der Waals surface area (Å²) < 4.78 is 10.0. The molecule has 1 N–H and O–H groups in total. The largest absolute Gasteiger partial charge is 0.495 e. The fraction of sp³-hybridized carbons (Fsp3) is 0.500. The van der Waals surface area contributed by atoms with Crippen molar-refractivity contribution in [1.29, 1.82) is 0 Å². The van der Waals surface area contributed by atoms with Crippen molar-refractivity contribution >= 4 is 11.7 Å². The molecule has 0 aromatic heterocycles. The number of nitrogens with one attached hydrogen (secondary N) is 1. The van der Waals surface area contributed by atoms with E-state index >= 15 is 0 Å². The SMILES string of the molecule is COC(=O)C(C)C(C)Nc1cc(C)ccc1OC. The van der Waals surface area contributed by atoms with Gasteiger partial charge in [-0.3, -0.25) is 4.79 Å². The molecule has 0 aliphatic rings. The van der Waals surface area contributed by atoms with Crippen LogP contribution in [-0.4, -0.2) is 26.2 Å². The summed E-state index contributed by atoms with van der Waals surface area (Å²) in [6.07, 6.45) is 0. The number of carbonyl (C=O) groups excluding carboxylic acids is 1. The third-order valence-corrected chi connectivity index (χ3v) is 3.06. The summed E-state index contributed by atoms with van der Waals surface area (Å²) in [5, 5.41) is 3.29. The highest BCUT2D eigenvalue weighted by Crippen LogP contribution is 2.27. The van der Waals surface area contributed by atoms with Gasteiger partial charge in [-0.25, -0.2) is 0 Å². The number of hydrogen-bond acceptors (Lipinski definition) is 4. The maximum absolute atomic E-state index is 11.5. The molecule has 1 rings (SSSR count). The average Bonchev–Trinajstić information content (AvgIpc) is 2.37. The Bertz CT molecular complexity index is 418. The molecule has 0 heterocycles. The first-order valence-electron chi connectivity index (χ1n) is 5.98. The highest BCUT2D eigenvalue weighted by molar-refractivity contribution is 5.73. The molecule has 0 fully saturated rings. The van der Waals surface area contributed by atoms with E-state index in [-0.39, 0.29) is 17.9 Å². The van der Waals surface area contributed by atoms with Crippen LogP contribution in [0.15, 0.2) is 18.2 Å². The molecule has 0 bridgehead atoms. The highest BCUT2D eigenvalue weighted by atomic mass is 16.5. The average molecular weight is 251 g/mol. The van der Waals surface area contributed by atoms with Crippen molar-refractivity contribution in [2.75, 3.05) is 19.5 Å². The predicted octanol–water partition coefficient (Wildman–Crippen LogP) is 2.61. The maximum atomic E-state index is 11.5. The van der Waals surface area contributed by atoms with E-state index in [0.29, 0.717) is 0 Å². The molecular weight excluding hydrogens is 230 g/mol. The Hall–Kier alpha value is -1.71. The quantitative estimate of drug-likeness (QED) is 0.817. The van der Waals surface area contributed by atoms with Crippen LogP contribution in [0.1, 0.15) is 19.4 Å². The van der Waals surface area contributed by atoms with Crippen LogP contribution >= 0.6 is 0 Å². The molecule has 0 aliphatic carbocycles. The Labute approximate surface area is 108 Å². The standard InChI is InChI=1S/C14H21NO3/c1-9-6-7-13(17-4)12(8-9)15-11(3)10(2)14(16)18-5/h6-8,10-11,15H,1-5H3. The Kier molecular flexibility index (Phi) is 5.01. The van der Waals surface area contributed by atoms with Gasteiger partial charge in [0.2, 0.25) is 0 Å². The van der Waals surface area contributed by atoms with Gasteiger partial charge in [0.1, 0.15) is 5.75 Å². The minimum atomic E-state index is -0.222. The molecule has 0 saturated heterocycles. The minimum Gasteiger partial charge on any atom is -0.495 e. The number of aryl methyl sites for hydroxylation is 1. The molecule has 4 nitrogen and oxygen atoms in total. The summed E-state index contributed by atoms with van der Waals surface area (Å²) in [7, 11) is 3.03. The molecule has 0 spiro atoms. The number of carbonyl (C=O) groups is 1. The second-order valence-electron chi connectivity index (χ2n) is 4.45. The number of ether oxygens (including phenoxy) is 2. The molecule has 0 radical (unpaired) electrons. The van der Waals surface area contributed by atoms with E-state index in [1.165, 1.54) is 7.11 Å². The van der Waals surface area contributed by atoms with Crippen molar-refractivity contribution in [2.24, 2.45) is 5.92 Å². The molecule has 4 heteroatoms. The van der Waals surface area contributed by atoms with E-state index in [0.717, 1.165) is 17.0 Å². The lowest BCUT2D eigenvalue weighted by molar-refractivity contribution is -0.145. The zero-order valence-corrected chi connectivity index (χ0v) is 11.6. The lowest BCUT2D eigenvalue weighted by Gasteiger charge is -2.22. The van der Waals surface area contributed by atoms with Gasteiger partial charge in [0.05, 0.1) is 25.8 Å². The third-order valence-electron chi connectivity index (χ3n) is 3.06. The number of benzene rings is 1. The van der Waals surface area contributed by atoms with Crippen LogP contribution in [0.3, 0.4) is 0 Å². The molecule has 0 amide bonds. The van der Waals surface area contributed by atoms with Gasteiger partial charge in [-0.2, -0.15) is 0 Å². The van der Waals surface area contributed by atoms with Crippen molar-refractivity contribution in [2.45, 2.75) is 26.8 Å². The molecule has 0 saturated carbocycles. The molecule has 0 aliphatic heterocycles. The third kappa shape index (κ3) is 3.39. The van der Waals surface area contributed by atoms with Gasteiger partial charge in [-0.05, 0) is 38.5 Å². The van der Waals surface area contributed by atoms with Gasteiger partial charge in [0.25, 0.3) is 0 Å². The van der Waals surface area contributed by atoms with Crippen molar-refractivity contribution in [1.82, 2.24) is 0 Å². The predicted molar refractivity (Wildman–Crippen MR) is 72.0 cm³/mol. The number of hydrogen-bond donors (Lipinski definition) is 1. The molecule has 1 aromatic rings. The minimum absolute atomic E-state index is 0.0341. The number of methoxy groups -OCH3 is 2. The van der Waals surface area contributed by atoms with Crippen LogP contribution in [-0.2, 0) is 9.53 Å². The van der Waals surface area contributed by atoms with Crippen molar-refractivity contribution in [3.05, 3.63) is 23.8 Å². The van der Waals surface area contributed by atoms with Crippen molar-refractivity contribution in [3.8, 4) is 5.75 Å². The normalized spacial score (nSPS) is 13.6. The van der Waals surface area contributed by atoms with Gasteiger partial charge in [-0.1, -0.05) is 6.07 Å². The Morgan fingerprint density at radius 2 is 1.94 bits per heavy atom. The highest BCUT2D eigenvalue weighted by Gasteiger charge is 2.21. The molecular formula is C14H21NO3. The zero-order valence-electron chi connectivity index (χ0n) is 11.6. The first-order chi connectivity index (χ1) is 8.49. The van der Waals surface area contributed by atoms with E-state index in [4.69, 9.17) is 9.47 Å². The monoisotopic (exact) mass is 251 g/mol. The van der Waals surface area contributed by atoms with Crippen molar-refractivity contribution < 1.29 is 14.3 Å². The smallest absolute Gasteiger partial charge is 0.310 e. The molecule has 18 heavy (non-hydrogen) atoms. The van der Waals surface area contributed by atoms with E-state index in [1.807, 2.05) is 39.0 Å². The summed E-state index contributed by atoms with van der Waals surface area (Å²) in [4.78, 5) is 11.5. The van der Waals surface area contributed by atoms with Crippen LogP contribution in [0.5, 0.6) is 5.75 Å². The van der Waals surface area contributed by atoms with Gasteiger partial charge in [0, 0.05) is 6.04 Å². The lowest BCUT2D eigenvalue weighted by Crippen LogP contribution is -2.30. The first kappa shape index (κ1) is 14.4. The summed E-state index contributed by atoms with van der Waals surface area (Å²) >= 11 is 0. The fourth-order valence-electron chi connectivity index (χ4n) is 1.69. The number of rotatable bonds is 5. The lowest BCUT2D eigenvalue weighted by atomic mass is 10.0. The molecule has 100 valence electrons. The Balaban J connectivity index is 2.83. The van der Waals surface area contributed by atoms with Crippen LogP contribution < -0.4 is 10.1 Å². The van der Waals surface area contributed by atoms with Crippen LogP contribution in [0.2, 0.25) is 0 Å². The Morgan fingerprint density at radius 3 is 2.50 bits per heavy atom. The first-order valence-corrected chi connectivity index (χ1v) is 5.98. The summed E-state index contributed by atoms with van der Waals surface area (Å²) in [6, 6.07) is 5.86. The Morgan fingerprint density at radius 1 is 1.28 bits per heavy atom. The fourth-order valence-corrected chi connectivity index (χ4v) is 1.69. The van der Waals surface area contributed by atoms with Crippen molar-refractivity contribution in [3.63, 3.8) is 0 Å². The molecule has 2 unspecified atom stereocenters. The zero-order chi connectivity index (χ0) is 13.7. The second-order valence-corrected chi connectivity index (χ2v) is 4.45. The topological polar surface area (TPSA) is 47.6 Å². The van der Waals surface area contributed by atoms with E-state index < -0.39 is 0 Å².